The zero-order valence-electron chi connectivity index (χ0n) is 14.7. The number of hydrogen-bond donors (Lipinski definition) is 3. The summed E-state index contributed by atoms with van der Waals surface area (Å²) >= 11 is 7.56. The van der Waals surface area contributed by atoms with E-state index in [0.717, 1.165) is 11.1 Å². The van der Waals surface area contributed by atoms with Crippen LogP contribution in [-0.2, 0) is 21.9 Å². The Kier molecular flexibility index (Phi) is 7.09. The summed E-state index contributed by atoms with van der Waals surface area (Å²) in [5, 5.41) is 9.78. The number of rotatable bonds is 7. The summed E-state index contributed by atoms with van der Waals surface area (Å²) in [6.07, 6.45) is 3.95. The molecule has 6 nitrogen and oxygen atoms in total. The van der Waals surface area contributed by atoms with Crippen LogP contribution >= 0.6 is 23.4 Å². The number of nitrogens with zero attached hydrogens (tertiary/aromatic N) is 1. The molecule has 0 bridgehead atoms. The van der Waals surface area contributed by atoms with Crippen LogP contribution in [0, 0.1) is 0 Å². The summed E-state index contributed by atoms with van der Waals surface area (Å²) < 4.78 is 0. The van der Waals surface area contributed by atoms with Crippen molar-refractivity contribution in [2.45, 2.75) is 36.7 Å². The Balaban J connectivity index is 1.46. The van der Waals surface area contributed by atoms with E-state index in [1.165, 1.54) is 0 Å². The lowest BCUT2D eigenvalue weighted by molar-refractivity contribution is -0.125. The van der Waals surface area contributed by atoms with Crippen LogP contribution in [0.4, 0.5) is 0 Å². The molecule has 2 heterocycles. The van der Waals surface area contributed by atoms with Crippen LogP contribution in [0.1, 0.15) is 24.0 Å². The topological polar surface area (TPSA) is 83.1 Å². The number of hydrogen-bond acceptors (Lipinski definition) is 5. The lowest BCUT2D eigenvalue weighted by atomic mass is 10.1. The Morgan fingerprint density at radius 3 is 2.93 bits per heavy atom. The molecule has 0 saturated carbocycles. The molecule has 2 aromatic rings. The molecule has 1 aliphatic rings. The van der Waals surface area contributed by atoms with Crippen molar-refractivity contribution in [3.8, 4) is 0 Å². The highest BCUT2D eigenvalue weighted by atomic mass is 35.5. The van der Waals surface area contributed by atoms with Crippen LogP contribution in [0.25, 0.3) is 0 Å². The molecule has 27 heavy (non-hydrogen) atoms. The third-order valence-corrected chi connectivity index (χ3v) is 5.38. The number of carbonyl (C=O) groups is 2. The van der Waals surface area contributed by atoms with Gasteiger partial charge in [-0.25, -0.2) is 0 Å². The van der Waals surface area contributed by atoms with Crippen molar-refractivity contribution < 1.29 is 9.59 Å². The van der Waals surface area contributed by atoms with Crippen LogP contribution in [0.15, 0.2) is 48.8 Å². The number of halogens is 1. The number of benzene rings is 1. The molecule has 3 N–H and O–H groups in total. The van der Waals surface area contributed by atoms with E-state index in [2.05, 4.69) is 20.9 Å². The van der Waals surface area contributed by atoms with Gasteiger partial charge in [0, 0.05) is 48.6 Å². The fourth-order valence-electron chi connectivity index (χ4n) is 2.77. The molecule has 1 saturated heterocycles. The van der Waals surface area contributed by atoms with Crippen molar-refractivity contribution in [2.75, 3.05) is 0 Å². The molecule has 1 aromatic carbocycles. The SMILES string of the molecule is O=C(CC1CC(=O)NC(SCc2cccc(Cl)c2)N1)NCc1cccnc1. The summed E-state index contributed by atoms with van der Waals surface area (Å²) in [6.45, 7) is 0.429. The maximum Gasteiger partial charge on any atom is 0.223 e. The monoisotopic (exact) mass is 404 g/mol. The molecule has 1 aliphatic heterocycles. The number of nitrogens with one attached hydrogen (secondary N) is 3. The van der Waals surface area contributed by atoms with E-state index in [4.69, 9.17) is 11.6 Å². The van der Waals surface area contributed by atoms with Gasteiger partial charge in [0.2, 0.25) is 11.8 Å². The summed E-state index contributed by atoms with van der Waals surface area (Å²) in [4.78, 5) is 28.2. The molecule has 8 heteroatoms. The van der Waals surface area contributed by atoms with Crippen LogP contribution in [0.5, 0.6) is 0 Å². The smallest absolute Gasteiger partial charge is 0.223 e. The molecule has 0 spiro atoms. The third-order valence-electron chi connectivity index (χ3n) is 4.06. The highest BCUT2D eigenvalue weighted by Gasteiger charge is 2.27. The van der Waals surface area contributed by atoms with E-state index < -0.39 is 0 Å². The molecule has 0 radical (unpaired) electrons. The molecular weight excluding hydrogens is 384 g/mol. The average Bonchev–Trinajstić information content (AvgIpc) is 2.65. The van der Waals surface area contributed by atoms with Gasteiger partial charge < -0.3 is 10.6 Å². The largest absolute Gasteiger partial charge is 0.352 e. The minimum absolute atomic E-state index is 0.0533. The van der Waals surface area contributed by atoms with E-state index in [1.54, 1.807) is 24.2 Å². The molecule has 1 fully saturated rings. The number of amides is 2. The van der Waals surface area contributed by atoms with E-state index in [9.17, 15) is 9.59 Å². The maximum atomic E-state index is 12.2. The lowest BCUT2D eigenvalue weighted by Gasteiger charge is -2.31. The van der Waals surface area contributed by atoms with Gasteiger partial charge in [-0.3, -0.25) is 19.9 Å². The number of carbonyl (C=O) groups excluding carboxylic acids is 2. The van der Waals surface area contributed by atoms with Crippen LogP contribution < -0.4 is 16.0 Å². The van der Waals surface area contributed by atoms with E-state index in [0.29, 0.717) is 17.3 Å². The second-order valence-corrected chi connectivity index (χ2v) is 7.83. The molecule has 2 unspecified atom stereocenters. The highest BCUT2D eigenvalue weighted by Crippen LogP contribution is 2.20. The van der Waals surface area contributed by atoms with Gasteiger partial charge in [-0.15, -0.1) is 11.8 Å². The third kappa shape index (κ3) is 6.53. The van der Waals surface area contributed by atoms with Crippen LogP contribution in [0.2, 0.25) is 5.02 Å². The second-order valence-electron chi connectivity index (χ2n) is 6.30. The van der Waals surface area contributed by atoms with Gasteiger partial charge in [0.1, 0.15) is 5.50 Å². The Hall–Kier alpha value is -2.09. The predicted molar refractivity (Wildman–Crippen MR) is 107 cm³/mol. The Labute approximate surface area is 167 Å². The number of aromatic nitrogens is 1. The van der Waals surface area contributed by atoms with Gasteiger partial charge in [-0.1, -0.05) is 29.8 Å². The number of thioether (sulfide) groups is 1. The summed E-state index contributed by atoms with van der Waals surface area (Å²) in [7, 11) is 0. The zero-order valence-corrected chi connectivity index (χ0v) is 16.2. The molecular formula is C19H21ClN4O2S. The van der Waals surface area contributed by atoms with Gasteiger partial charge in [-0.2, -0.15) is 0 Å². The maximum absolute atomic E-state index is 12.2. The van der Waals surface area contributed by atoms with E-state index >= 15 is 0 Å². The molecule has 1 aromatic heterocycles. The predicted octanol–water partition coefficient (Wildman–Crippen LogP) is 2.44. The summed E-state index contributed by atoms with van der Waals surface area (Å²) in [6, 6.07) is 11.2. The second kappa shape index (κ2) is 9.73. The van der Waals surface area contributed by atoms with Crippen molar-refractivity contribution in [3.05, 3.63) is 64.9 Å². The lowest BCUT2D eigenvalue weighted by Crippen LogP contribution is -2.55. The standard InChI is InChI=1S/C19H21ClN4O2S/c20-15-5-1-3-13(7-15)12-27-19-23-16(9-18(26)24-19)8-17(25)22-11-14-4-2-6-21-10-14/h1-7,10,16,19,23H,8-9,11-12H2,(H,22,25)(H,24,26). The normalized spacial score (nSPS) is 19.4. The first kappa shape index (κ1) is 19.7. The van der Waals surface area contributed by atoms with Crippen molar-refractivity contribution in [3.63, 3.8) is 0 Å². The van der Waals surface area contributed by atoms with Gasteiger partial charge in [0.15, 0.2) is 0 Å². The zero-order chi connectivity index (χ0) is 19.1. The van der Waals surface area contributed by atoms with Gasteiger partial charge >= 0.3 is 0 Å². The molecule has 2 atom stereocenters. The summed E-state index contributed by atoms with van der Waals surface area (Å²) in [5.41, 5.74) is 1.79. The van der Waals surface area contributed by atoms with Crippen molar-refractivity contribution in [1.82, 2.24) is 20.9 Å². The molecule has 3 rings (SSSR count). The van der Waals surface area contributed by atoms with Crippen molar-refractivity contribution >= 4 is 35.2 Å². The van der Waals surface area contributed by atoms with E-state index in [1.807, 2.05) is 36.4 Å². The van der Waals surface area contributed by atoms with E-state index in [-0.39, 0.29) is 36.2 Å². The Bertz CT molecular complexity index is 790. The minimum Gasteiger partial charge on any atom is -0.352 e. The fraction of sp³-hybridized carbons (Fsp3) is 0.316. The quantitative estimate of drug-likeness (QED) is 0.660. The molecule has 2 amide bonds. The molecule has 142 valence electrons. The van der Waals surface area contributed by atoms with Crippen LogP contribution in [-0.4, -0.2) is 28.3 Å². The molecule has 0 aliphatic carbocycles. The first-order chi connectivity index (χ1) is 13.1. The first-order valence-electron chi connectivity index (χ1n) is 8.65. The van der Waals surface area contributed by atoms with Gasteiger partial charge in [0.25, 0.3) is 0 Å². The fourth-order valence-corrected chi connectivity index (χ4v) is 4.03. The summed E-state index contributed by atoms with van der Waals surface area (Å²) in [5.74, 6) is 0.561. The minimum atomic E-state index is -0.235. The Morgan fingerprint density at radius 1 is 1.30 bits per heavy atom. The van der Waals surface area contributed by atoms with Gasteiger partial charge in [-0.05, 0) is 29.3 Å². The average molecular weight is 405 g/mol. The van der Waals surface area contributed by atoms with Gasteiger partial charge in [0.05, 0.1) is 0 Å². The first-order valence-corrected chi connectivity index (χ1v) is 10.1. The van der Waals surface area contributed by atoms with Crippen molar-refractivity contribution in [2.24, 2.45) is 0 Å². The van der Waals surface area contributed by atoms with Crippen LogP contribution in [0.3, 0.4) is 0 Å². The van der Waals surface area contributed by atoms with Crippen molar-refractivity contribution in [1.29, 1.82) is 0 Å². The Morgan fingerprint density at radius 2 is 2.15 bits per heavy atom. The highest BCUT2D eigenvalue weighted by molar-refractivity contribution is 7.99. The number of pyridine rings is 1.